The van der Waals surface area contributed by atoms with Crippen molar-refractivity contribution in [1.82, 2.24) is 0 Å². The average molecular weight is 787 g/mol. The maximum absolute atomic E-state index is 12.7. The molecular formula is C50H90O6. The number of unbranched alkanes of at least 4 members (excludes halogenated alkanes) is 26. The highest BCUT2D eigenvalue weighted by molar-refractivity contribution is 5.71. The van der Waals surface area contributed by atoms with Crippen molar-refractivity contribution in [1.29, 1.82) is 0 Å². The number of esters is 3. The molecule has 0 bridgehead atoms. The van der Waals surface area contributed by atoms with Crippen molar-refractivity contribution in [3.8, 4) is 0 Å². The highest BCUT2D eigenvalue weighted by Crippen LogP contribution is 2.14. The van der Waals surface area contributed by atoms with E-state index in [1.807, 2.05) is 0 Å². The Balaban J connectivity index is 4.28. The number of rotatable bonds is 43. The molecule has 0 saturated carbocycles. The first-order valence-corrected chi connectivity index (χ1v) is 24.0. The Morgan fingerprint density at radius 1 is 0.357 bits per heavy atom. The van der Waals surface area contributed by atoms with E-state index in [0.717, 1.165) is 77.0 Å². The van der Waals surface area contributed by atoms with Crippen LogP contribution in [0.2, 0.25) is 0 Å². The van der Waals surface area contributed by atoms with Gasteiger partial charge < -0.3 is 14.2 Å². The topological polar surface area (TPSA) is 78.9 Å². The number of allylic oxidation sites excluding steroid dienone is 6. The molecule has 0 aromatic carbocycles. The Hall–Kier alpha value is -2.37. The molecule has 0 radical (unpaired) electrons. The van der Waals surface area contributed by atoms with E-state index in [2.05, 4.69) is 57.2 Å². The number of hydrogen-bond acceptors (Lipinski definition) is 6. The van der Waals surface area contributed by atoms with E-state index >= 15 is 0 Å². The van der Waals surface area contributed by atoms with Gasteiger partial charge in [-0.05, 0) is 57.8 Å². The predicted octanol–water partition coefficient (Wildman–Crippen LogP) is 15.4. The van der Waals surface area contributed by atoms with Crippen LogP contribution < -0.4 is 0 Å². The van der Waals surface area contributed by atoms with Crippen LogP contribution in [-0.4, -0.2) is 37.2 Å². The molecule has 0 aliphatic heterocycles. The van der Waals surface area contributed by atoms with Gasteiger partial charge in [0.15, 0.2) is 6.10 Å². The summed E-state index contributed by atoms with van der Waals surface area (Å²) in [5.74, 6) is -0.886. The van der Waals surface area contributed by atoms with Gasteiger partial charge in [-0.2, -0.15) is 0 Å². The van der Waals surface area contributed by atoms with Crippen LogP contribution in [0.5, 0.6) is 0 Å². The van der Waals surface area contributed by atoms with Crippen molar-refractivity contribution in [3.05, 3.63) is 36.5 Å². The molecule has 56 heavy (non-hydrogen) atoms. The fourth-order valence-corrected chi connectivity index (χ4v) is 6.74. The Kier molecular flexibility index (Phi) is 43.4. The van der Waals surface area contributed by atoms with Gasteiger partial charge in [-0.1, -0.05) is 205 Å². The summed E-state index contributed by atoms with van der Waals surface area (Å²) in [6.07, 6.45) is 51.3. The first kappa shape index (κ1) is 53.6. The summed E-state index contributed by atoms with van der Waals surface area (Å²) in [7, 11) is 0. The maximum atomic E-state index is 12.7. The first-order chi connectivity index (χ1) is 27.5. The zero-order chi connectivity index (χ0) is 40.8. The molecule has 6 nitrogen and oxygen atoms in total. The summed E-state index contributed by atoms with van der Waals surface area (Å²) in [5.41, 5.74) is 0. The molecule has 0 amide bonds. The van der Waals surface area contributed by atoms with E-state index < -0.39 is 6.10 Å². The van der Waals surface area contributed by atoms with Gasteiger partial charge in [-0.25, -0.2) is 0 Å². The summed E-state index contributed by atoms with van der Waals surface area (Å²) in [6.45, 7) is 6.57. The SMILES string of the molecule is CCCCC/C=C\C/C=C\C/C=C\CCCCCCCCC(=O)OCC(COC(=O)CCCCCCCCCC)OC(=O)CCCCCCCCCCCCC. The van der Waals surface area contributed by atoms with Gasteiger partial charge in [0.2, 0.25) is 0 Å². The molecular weight excluding hydrogens is 697 g/mol. The van der Waals surface area contributed by atoms with Crippen LogP contribution >= 0.6 is 0 Å². The molecule has 1 atom stereocenters. The number of carbonyl (C=O) groups excluding carboxylic acids is 3. The molecule has 0 spiro atoms. The molecule has 0 aliphatic carbocycles. The normalized spacial score (nSPS) is 12.3. The minimum absolute atomic E-state index is 0.0735. The highest BCUT2D eigenvalue weighted by atomic mass is 16.6. The van der Waals surface area contributed by atoms with Gasteiger partial charge in [-0.3, -0.25) is 14.4 Å². The van der Waals surface area contributed by atoms with Crippen LogP contribution in [0.3, 0.4) is 0 Å². The quantitative estimate of drug-likeness (QED) is 0.0265. The third-order valence-electron chi connectivity index (χ3n) is 10.4. The third-order valence-corrected chi connectivity index (χ3v) is 10.4. The van der Waals surface area contributed by atoms with Gasteiger partial charge in [0.05, 0.1) is 0 Å². The molecule has 0 saturated heterocycles. The zero-order valence-electron chi connectivity index (χ0n) is 37.2. The fraction of sp³-hybridized carbons (Fsp3) is 0.820. The molecule has 0 fully saturated rings. The van der Waals surface area contributed by atoms with E-state index in [0.29, 0.717) is 19.3 Å². The summed E-state index contributed by atoms with van der Waals surface area (Å²) >= 11 is 0. The Labute approximate surface area is 346 Å². The van der Waals surface area contributed by atoms with Crippen molar-refractivity contribution >= 4 is 17.9 Å². The fourth-order valence-electron chi connectivity index (χ4n) is 6.74. The van der Waals surface area contributed by atoms with Crippen LogP contribution in [0.4, 0.5) is 0 Å². The van der Waals surface area contributed by atoms with Crippen LogP contribution in [-0.2, 0) is 28.6 Å². The molecule has 1 unspecified atom stereocenters. The van der Waals surface area contributed by atoms with E-state index in [1.165, 1.54) is 128 Å². The Bertz CT molecular complexity index is 953. The highest BCUT2D eigenvalue weighted by Gasteiger charge is 2.19. The lowest BCUT2D eigenvalue weighted by molar-refractivity contribution is -0.167. The third kappa shape index (κ3) is 42.8. The van der Waals surface area contributed by atoms with Gasteiger partial charge in [-0.15, -0.1) is 0 Å². The Morgan fingerprint density at radius 3 is 1.04 bits per heavy atom. The molecule has 0 heterocycles. The van der Waals surface area contributed by atoms with Gasteiger partial charge in [0, 0.05) is 19.3 Å². The second-order valence-corrected chi connectivity index (χ2v) is 16.0. The van der Waals surface area contributed by atoms with E-state index in [-0.39, 0.29) is 31.1 Å². The predicted molar refractivity (Wildman–Crippen MR) is 238 cm³/mol. The van der Waals surface area contributed by atoms with Crippen LogP contribution in [0.15, 0.2) is 36.5 Å². The second-order valence-electron chi connectivity index (χ2n) is 16.0. The van der Waals surface area contributed by atoms with Crippen molar-refractivity contribution < 1.29 is 28.6 Å². The van der Waals surface area contributed by atoms with Gasteiger partial charge in [0.1, 0.15) is 13.2 Å². The largest absolute Gasteiger partial charge is 0.462 e. The monoisotopic (exact) mass is 787 g/mol. The Morgan fingerprint density at radius 2 is 0.643 bits per heavy atom. The standard InChI is InChI=1S/C50H90O6/c1-4-7-10-13-16-19-21-22-23-24-25-26-27-28-30-31-34-37-40-43-49(52)55-46-47(45-54-48(51)42-39-36-33-18-15-12-9-6-3)56-50(53)44-41-38-35-32-29-20-17-14-11-8-5-2/h16,19,22-23,25-26,47H,4-15,17-18,20-21,24,27-46H2,1-3H3/b19-16-,23-22-,26-25-. The van der Waals surface area contributed by atoms with E-state index in [1.54, 1.807) is 0 Å². The van der Waals surface area contributed by atoms with Crippen molar-refractivity contribution in [2.24, 2.45) is 0 Å². The van der Waals surface area contributed by atoms with Gasteiger partial charge in [0.25, 0.3) is 0 Å². The molecule has 6 heteroatoms. The maximum Gasteiger partial charge on any atom is 0.306 e. The smallest absolute Gasteiger partial charge is 0.306 e. The summed E-state index contributed by atoms with van der Waals surface area (Å²) in [6, 6.07) is 0. The lowest BCUT2D eigenvalue weighted by Gasteiger charge is -2.18. The van der Waals surface area contributed by atoms with Crippen molar-refractivity contribution in [3.63, 3.8) is 0 Å². The minimum Gasteiger partial charge on any atom is -0.462 e. The van der Waals surface area contributed by atoms with E-state index in [4.69, 9.17) is 14.2 Å². The molecule has 0 aromatic heterocycles. The van der Waals surface area contributed by atoms with E-state index in [9.17, 15) is 14.4 Å². The number of carbonyl (C=O) groups is 3. The first-order valence-electron chi connectivity index (χ1n) is 24.0. The van der Waals surface area contributed by atoms with Crippen LogP contribution in [0, 0.1) is 0 Å². The van der Waals surface area contributed by atoms with Crippen molar-refractivity contribution in [2.75, 3.05) is 13.2 Å². The van der Waals surface area contributed by atoms with Crippen molar-refractivity contribution in [2.45, 2.75) is 252 Å². The second kappa shape index (κ2) is 45.3. The molecule has 0 rings (SSSR count). The number of hydrogen-bond donors (Lipinski definition) is 0. The molecule has 326 valence electrons. The van der Waals surface area contributed by atoms with Crippen LogP contribution in [0.1, 0.15) is 245 Å². The molecule has 0 aromatic rings. The number of ether oxygens (including phenoxy) is 3. The molecule has 0 N–H and O–H groups in total. The van der Waals surface area contributed by atoms with Gasteiger partial charge >= 0.3 is 17.9 Å². The lowest BCUT2D eigenvalue weighted by atomic mass is 10.1. The molecule has 0 aliphatic rings. The summed E-state index contributed by atoms with van der Waals surface area (Å²) < 4.78 is 16.7. The zero-order valence-corrected chi connectivity index (χ0v) is 37.2. The van der Waals surface area contributed by atoms with Crippen LogP contribution in [0.25, 0.3) is 0 Å². The summed E-state index contributed by atoms with van der Waals surface area (Å²) in [4.78, 5) is 37.7. The lowest BCUT2D eigenvalue weighted by Crippen LogP contribution is -2.30. The minimum atomic E-state index is -0.769. The average Bonchev–Trinajstić information content (AvgIpc) is 3.19. The summed E-state index contributed by atoms with van der Waals surface area (Å²) in [5, 5.41) is 0.